The summed E-state index contributed by atoms with van der Waals surface area (Å²) in [4.78, 5) is 52.2. The van der Waals surface area contributed by atoms with Crippen LogP contribution in [0.25, 0.3) is 0 Å². The second-order valence-corrected chi connectivity index (χ2v) is 23.1. The molecule has 19 nitrogen and oxygen atoms in total. The van der Waals surface area contributed by atoms with Gasteiger partial charge in [-0.2, -0.15) is 0 Å². The summed E-state index contributed by atoms with van der Waals surface area (Å²) in [5, 5.41) is 88.5. The maximum atomic E-state index is 13.7. The number of aliphatic carboxylic acids is 1. The van der Waals surface area contributed by atoms with Gasteiger partial charge in [0.2, 0.25) is 0 Å². The topological polar surface area (TPSA) is 295 Å². The molecule has 21 atom stereocenters. The van der Waals surface area contributed by atoms with E-state index in [0.29, 0.717) is 38.5 Å². The Morgan fingerprint density at radius 3 is 2.00 bits per heavy atom. The number of carboxylic acids is 1. The molecule has 390 valence electrons. The third-order valence-corrected chi connectivity index (χ3v) is 18.8. The van der Waals surface area contributed by atoms with Gasteiger partial charge in [0, 0.05) is 30.3 Å². The zero-order chi connectivity index (χ0) is 51.3. The van der Waals surface area contributed by atoms with E-state index in [1.165, 1.54) is 13.8 Å². The highest BCUT2D eigenvalue weighted by molar-refractivity contribution is 5.88. The van der Waals surface area contributed by atoms with Crippen LogP contribution in [0.4, 0.5) is 0 Å². The summed E-state index contributed by atoms with van der Waals surface area (Å²) in [6.45, 7) is 19.1. The fourth-order valence-corrected chi connectivity index (χ4v) is 14.9. The van der Waals surface area contributed by atoms with Gasteiger partial charge in [0.15, 0.2) is 24.8 Å². The van der Waals surface area contributed by atoms with Crippen LogP contribution in [0.15, 0.2) is 23.3 Å². The van der Waals surface area contributed by atoms with Crippen molar-refractivity contribution in [1.82, 2.24) is 0 Å². The molecule has 0 aromatic rings. The first-order valence-corrected chi connectivity index (χ1v) is 24.4. The summed E-state index contributed by atoms with van der Waals surface area (Å²) < 4.78 is 42.0. The number of aliphatic hydroxyl groups is 7. The first kappa shape index (κ1) is 53.7. The highest BCUT2D eigenvalue weighted by atomic mass is 16.7. The number of allylic oxidation sites excluding steroid dienone is 2. The van der Waals surface area contributed by atoms with Crippen LogP contribution in [0, 0.1) is 50.2 Å². The van der Waals surface area contributed by atoms with Crippen LogP contribution in [-0.4, -0.2) is 164 Å². The first-order valence-electron chi connectivity index (χ1n) is 24.4. The zero-order valence-electron chi connectivity index (χ0n) is 41.7. The predicted octanol–water partition coefficient (Wildman–Crippen LogP) is 2.06. The zero-order valence-corrected chi connectivity index (χ0v) is 41.7. The summed E-state index contributed by atoms with van der Waals surface area (Å²) in [7, 11) is 0. The molecule has 0 spiro atoms. The molecule has 8 N–H and O–H groups in total. The normalized spacial score (nSPS) is 48.0. The molecule has 21 unspecified atom stereocenters. The van der Waals surface area contributed by atoms with Gasteiger partial charge in [-0.1, -0.05) is 66.2 Å². The molecule has 7 aliphatic rings. The maximum Gasteiger partial charge on any atom is 0.335 e. The quantitative estimate of drug-likeness (QED) is 0.0511. The van der Waals surface area contributed by atoms with E-state index in [4.69, 9.17) is 33.2 Å². The molecule has 69 heavy (non-hydrogen) atoms. The van der Waals surface area contributed by atoms with Crippen molar-refractivity contribution in [1.29, 1.82) is 0 Å². The summed E-state index contributed by atoms with van der Waals surface area (Å²) in [6.07, 6.45) is -14.6. The van der Waals surface area contributed by atoms with Gasteiger partial charge in [0.1, 0.15) is 54.9 Å². The van der Waals surface area contributed by atoms with E-state index >= 15 is 0 Å². The Kier molecular flexibility index (Phi) is 14.6. The van der Waals surface area contributed by atoms with E-state index < -0.39 is 161 Å². The van der Waals surface area contributed by atoms with E-state index in [9.17, 15) is 60.0 Å². The van der Waals surface area contributed by atoms with Crippen molar-refractivity contribution in [3.63, 3.8) is 0 Å². The number of carbonyl (C=O) groups excluding carboxylic acids is 3. The number of hydrogen-bond acceptors (Lipinski definition) is 18. The van der Waals surface area contributed by atoms with Crippen LogP contribution in [0.1, 0.15) is 115 Å². The third kappa shape index (κ3) is 8.30. The molecule has 0 aromatic heterocycles. The van der Waals surface area contributed by atoms with Crippen molar-refractivity contribution in [3.05, 3.63) is 23.3 Å². The van der Waals surface area contributed by atoms with E-state index in [-0.39, 0.29) is 17.4 Å². The van der Waals surface area contributed by atoms with Crippen LogP contribution < -0.4 is 0 Å². The third-order valence-electron chi connectivity index (χ3n) is 18.8. The molecule has 0 radical (unpaired) electrons. The molecule has 6 fully saturated rings. The molecule has 2 heterocycles. The lowest BCUT2D eigenvalue weighted by Gasteiger charge is -2.73. The second-order valence-electron chi connectivity index (χ2n) is 23.1. The monoisotopic (exact) mass is 980 g/mol. The number of carbonyl (C=O) groups is 4. The van der Waals surface area contributed by atoms with Gasteiger partial charge in [-0.3, -0.25) is 9.59 Å². The van der Waals surface area contributed by atoms with E-state index in [1.54, 1.807) is 19.9 Å². The largest absolute Gasteiger partial charge is 0.479 e. The van der Waals surface area contributed by atoms with Gasteiger partial charge in [0.25, 0.3) is 0 Å². The number of ether oxygens (including phenoxy) is 7. The van der Waals surface area contributed by atoms with Gasteiger partial charge >= 0.3 is 23.9 Å². The summed E-state index contributed by atoms with van der Waals surface area (Å²) in [6, 6.07) is 0. The summed E-state index contributed by atoms with van der Waals surface area (Å²) >= 11 is 0. The maximum absolute atomic E-state index is 13.7. The Morgan fingerprint density at radius 2 is 1.41 bits per heavy atom. The average molecular weight is 981 g/mol. The van der Waals surface area contributed by atoms with Gasteiger partial charge in [-0.25, -0.2) is 9.59 Å². The van der Waals surface area contributed by atoms with Crippen molar-refractivity contribution in [2.24, 2.45) is 50.2 Å². The first-order chi connectivity index (χ1) is 32.0. The Balaban J connectivity index is 1.24. The van der Waals surface area contributed by atoms with Crippen LogP contribution in [-0.2, 0) is 52.3 Å². The number of fused-ring (bicyclic) bond motifs is 7. The van der Waals surface area contributed by atoms with E-state index in [2.05, 4.69) is 33.8 Å². The Morgan fingerprint density at radius 1 is 0.768 bits per heavy atom. The molecule has 0 bridgehead atoms. The number of rotatable bonds is 10. The Hall–Kier alpha value is -3.08. The molecular formula is C50H76O19. The fraction of sp³-hybridized carbons (Fsp3) is 0.840. The molecule has 5 aliphatic carbocycles. The van der Waals surface area contributed by atoms with Crippen molar-refractivity contribution < 1.29 is 93.2 Å². The minimum atomic E-state index is -1.95. The molecule has 0 aromatic carbocycles. The SMILES string of the molecule is C/C=C(\C)C(=O)OC1C(OC(C)=O)C(C)(C)CC2C3=CCC4C5(C)CCC(OC6OC(C(=O)O)C(O)C(OC7OCC(O)C(O)C7O)C6O)C(C)(C)C5CCC4(C)C3(C)C(OC(C)=O)C(O)C21CO. The number of carboxylic acid groups (broad SMARTS) is 1. The average Bonchev–Trinajstić information content (AvgIpc) is 3.26. The van der Waals surface area contributed by atoms with Crippen molar-refractivity contribution in [2.45, 2.75) is 201 Å². The van der Waals surface area contributed by atoms with Crippen LogP contribution in [0.3, 0.4) is 0 Å². The lowest BCUT2D eigenvalue weighted by Crippen LogP contribution is -2.77. The molecule has 4 saturated carbocycles. The van der Waals surface area contributed by atoms with E-state index in [1.807, 2.05) is 20.8 Å². The highest BCUT2D eigenvalue weighted by Crippen LogP contribution is 2.76. The molecular weight excluding hydrogens is 905 g/mol. The van der Waals surface area contributed by atoms with Crippen LogP contribution in [0.2, 0.25) is 0 Å². The summed E-state index contributed by atoms with van der Waals surface area (Å²) in [5.74, 6) is -4.32. The fourth-order valence-electron chi connectivity index (χ4n) is 14.9. The minimum Gasteiger partial charge on any atom is -0.479 e. The Labute approximate surface area is 403 Å². The summed E-state index contributed by atoms with van der Waals surface area (Å²) in [5.41, 5.74) is -4.16. The van der Waals surface area contributed by atoms with Crippen molar-refractivity contribution in [2.75, 3.05) is 13.2 Å². The smallest absolute Gasteiger partial charge is 0.335 e. The highest BCUT2D eigenvalue weighted by Gasteiger charge is 2.77. The van der Waals surface area contributed by atoms with Crippen LogP contribution >= 0.6 is 0 Å². The Bertz CT molecular complexity index is 2050. The van der Waals surface area contributed by atoms with Gasteiger partial charge in [0.05, 0.1) is 24.7 Å². The van der Waals surface area contributed by atoms with Crippen LogP contribution in [0.5, 0.6) is 0 Å². The second kappa shape index (κ2) is 18.8. The molecule has 2 saturated heterocycles. The van der Waals surface area contributed by atoms with Gasteiger partial charge < -0.3 is 74.0 Å². The molecule has 19 heteroatoms. The molecule has 7 rings (SSSR count). The van der Waals surface area contributed by atoms with Gasteiger partial charge in [-0.15, -0.1) is 0 Å². The minimum absolute atomic E-state index is 0.0540. The molecule has 2 aliphatic heterocycles. The van der Waals surface area contributed by atoms with E-state index in [0.717, 1.165) is 5.57 Å². The lowest BCUT2D eigenvalue weighted by atomic mass is 9.32. The van der Waals surface area contributed by atoms with Crippen molar-refractivity contribution >= 4 is 23.9 Å². The van der Waals surface area contributed by atoms with Gasteiger partial charge in [-0.05, 0) is 86.4 Å². The number of aliphatic hydroxyl groups excluding tert-OH is 7. The number of esters is 3. The lowest BCUT2D eigenvalue weighted by molar-refractivity contribution is -0.357. The molecule has 0 amide bonds. The standard InChI is InChI=1S/C50H76O19/c1-12-22(2)42(62)69-40-39(65-24(4)53)45(5,6)19-26-25-13-14-29-47(9)17-16-30(66-44-34(58)35(33(57)36(68-44)41(60)61)67-43-32(56)31(55)27(54)20-63-43)46(7,8)28(47)15-18-48(29,10)49(25,11)38(64-23(3)52)37(59)50(26,40)21-51/h12-13,26-40,43-44,51,54-59H,14-21H2,1-11H3,(H,60,61)/b22-12+. The predicted molar refractivity (Wildman–Crippen MR) is 240 cm³/mol. The van der Waals surface area contributed by atoms with Crippen molar-refractivity contribution in [3.8, 4) is 0 Å². The number of hydrogen-bond donors (Lipinski definition) is 8.